The topological polar surface area (TPSA) is 64.6 Å². The normalized spacial score (nSPS) is 20.5. The number of anilines is 1. The van der Waals surface area contributed by atoms with E-state index in [1.165, 1.54) is 0 Å². The number of rotatable bonds is 4. The van der Waals surface area contributed by atoms with Gasteiger partial charge in [0.1, 0.15) is 0 Å². The minimum absolute atomic E-state index is 0.356. The molecule has 0 spiro atoms. The fraction of sp³-hybridized carbons (Fsp3) is 0.467. The molecule has 0 aromatic heterocycles. The molecule has 0 aliphatic carbocycles. The third-order valence-corrected chi connectivity index (χ3v) is 4.54. The molecule has 1 aliphatic rings. The number of hydrogen-bond acceptors (Lipinski definition) is 4. The average Bonchev–Trinajstić information content (AvgIpc) is 2.55. The van der Waals surface area contributed by atoms with Gasteiger partial charge < -0.3 is 9.31 Å². The molecule has 0 unspecified atom stereocenters. The van der Waals surface area contributed by atoms with E-state index < -0.39 is 10.0 Å². The van der Waals surface area contributed by atoms with Crippen LogP contribution in [0.2, 0.25) is 0 Å². The molecule has 1 aromatic rings. The first kappa shape index (κ1) is 17.1. The minimum Gasteiger partial charge on any atom is -0.400 e. The summed E-state index contributed by atoms with van der Waals surface area (Å²) in [4.78, 5) is 0. The average molecular weight is 323 g/mol. The van der Waals surface area contributed by atoms with Crippen molar-refractivity contribution >= 4 is 28.9 Å². The van der Waals surface area contributed by atoms with E-state index in [1.807, 2.05) is 51.9 Å². The number of benzene rings is 1. The fourth-order valence-corrected chi connectivity index (χ4v) is 2.60. The zero-order valence-corrected chi connectivity index (χ0v) is 14.4. The lowest BCUT2D eigenvalue weighted by Crippen LogP contribution is -2.41. The molecule has 0 radical (unpaired) electrons. The van der Waals surface area contributed by atoms with Gasteiger partial charge in [0, 0.05) is 5.69 Å². The van der Waals surface area contributed by atoms with E-state index in [2.05, 4.69) is 4.72 Å². The second-order valence-corrected chi connectivity index (χ2v) is 8.23. The van der Waals surface area contributed by atoms with Gasteiger partial charge in [0.25, 0.3) is 0 Å². The van der Waals surface area contributed by atoms with Gasteiger partial charge in [-0.25, -0.2) is 8.42 Å². The van der Waals surface area contributed by atoms with Crippen LogP contribution in [0, 0.1) is 0 Å². The van der Waals surface area contributed by atoms with E-state index in [0.29, 0.717) is 5.69 Å². The lowest BCUT2D eigenvalue weighted by molar-refractivity contribution is 0.00578. The molecule has 2 rings (SSSR count). The molecule has 1 fully saturated rings. The quantitative estimate of drug-likeness (QED) is 0.865. The number of nitrogens with one attached hydrogen (secondary N) is 1. The summed E-state index contributed by atoms with van der Waals surface area (Å²) in [6.45, 7) is 8.03. The Hall–Kier alpha value is -1.31. The maximum atomic E-state index is 11.1. The van der Waals surface area contributed by atoms with Crippen molar-refractivity contribution in [3.05, 3.63) is 35.8 Å². The van der Waals surface area contributed by atoms with E-state index in [-0.39, 0.29) is 18.3 Å². The molecule has 0 saturated carbocycles. The minimum atomic E-state index is -3.25. The standard InChI is InChI=1S/C15H22BNO4S/c1-14(2)15(3,4)21-16(20-14)11-10-12-6-8-13(9-7-12)17-22(5,18)19/h6-11,17H,1-5H3. The summed E-state index contributed by atoms with van der Waals surface area (Å²) in [5.74, 6) is 1.86. The van der Waals surface area contributed by atoms with Crippen LogP contribution in [0.1, 0.15) is 33.3 Å². The van der Waals surface area contributed by atoms with Crippen LogP contribution in [0.4, 0.5) is 5.69 Å². The third-order valence-electron chi connectivity index (χ3n) is 3.93. The highest BCUT2D eigenvalue weighted by molar-refractivity contribution is 7.92. The van der Waals surface area contributed by atoms with Gasteiger partial charge >= 0.3 is 7.12 Å². The lowest BCUT2D eigenvalue weighted by atomic mass is 9.89. The maximum absolute atomic E-state index is 11.1. The van der Waals surface area contributed by atoms with Crippen LogP contribution in [0.15, 0.2) is 30.2 Å². The van der Waals surface area contributed by atoms with Crippen molar-refractivity contribution in [3.8, 4) is 0 Å². The SMILES string of the molecule is CC1(C)OB(C=Cc2ccc(NS(C)(=O)=O)cc2)OC1(C)C. The monoisotopic (exact) mass is 323 g/mol. The molecule has 1 N–H and O–H groups in total. The highest BCUT2D eigenvalue weighted by Gasteiger charge is 2.49. The second-order valence-electron chi connectivity index (χ2n) is 6.48. The van der Waals surface area contributed by atoms with Crippen LogP contribution in [0.3, 0.4) is 0 Å². The van der Waals surface area contributed by atoms with E-state index in [0.717, 1.165) is 11.8 Å². The Morgan fingerprint density at radius 1 is 1.05 bits per heavy atom. The Kier molecular flexibility index (Phi) is 4.43. The molecule has 1 saturated heterocycles. The van der Waals surface area contributed by atoms with Crippen molar-refractivity contribution in [2.24, 2.45) is 0 Å². The molecule has 1 heterocycles. The molecular weight excluding hydrogens is 301 g/mol. The van der Waals surface area contributed by atoms with Crippen LogP contribution in [0.5, 0.6) is 0 Å². The van der Waals surface area contributed by atoms with Crippen molar-refractivity contribution in [1.82, 2.24) is 0 Å². The molecule has 7 heteroatoms. The van der Waals surface area contributed by atoms with Gasteiger partial charge in [-0.3, -0.25) is 4.72 Å². The molecule has 0 amide bonds. The van der Waals surface area contributed by atoms with Gasteiger partial charge in [0.05, 0.1) is 17.5 Å². The molecular formula is C15H22BNO4S. The molecule has 5 nitrogen and oxygen atoms in total. The van der Waals surface area contributed by atoms with Gasteiger partial charge in [0.2, 0.25) is 10.0 Å². The first-order valence-corrected chi connectivity index (χ1v) is 8.99. The fourth-order valence-electron chi connectivity index (χ4n) is 2.03. The Bertz CT molecular complexity index is 649. The number of sulfonamides is 1. The van der Waals surface area contributed by atoms with Crippen LogP contribution in [-0.2, 0) is 19.3 Å². The molecule has 0 atom stereocenters. The largest absolute Gasteiger partial charge is 0.487 e. The summed E-state index contributed by atoms with van der Waals surface area (Å²) < 4.78 is 36.5. The Balaban J connectivity index is 2.03. The molecule has 1 aromatic carbocycles. The zero-order chi connectivity index (χ0) is 16.6. The maximum Gasteiger partial charge on any atom is 0.487 e. The predicted octanol–water partition coefficient (Wildman–Crippen LogP) is 2.70. The Morgan fingerprint density at radius 2 is 1.55 bits per heavy atom. The van der Waals surface area contributed by atoms with E-state index in [1.54, 1.807) is 12.1 Å². The van der Waals surface area contributed by atoms with Crippen molar-refractivity contribution < 1.29 is 17.7 Å². The van der Waals surface area contributed by atoms with Gasteiger partial charge in [0.15, 0.2) is 0 Å². The van der Waals surface area contributed by atoms with Gasteiger partial charge in [-0.05, 0) is 45.4 Å². The molecule has 120 valence electrons. The molecule has 0 bridgehead atoms. The van der Waals surface area contributed by atoms with Crippen LogP contribution in [-0.4, -0.2) is 33.0 Å². The van der Waals surface area contributed by atoms with Gasteiger partial charge in [-0.2, -0.15) is 0 Å². The Labute approximate surface area is 132 Å². The van der Waals surface area contributed by atoms with E-state index >= 15 is 0 Å². The van der Waals surface area contributed by atoms with Crippen LogP contribution in [0.25, 0.3) is 6.08 Å². The second kappa shape index (κ2) is 5.72. The summed E-state index contributed by atoms with van der Waals surface area (Å²) >= 11 is 0. The lowest BCUT2D eigenvalue weighted by Gasteiger charge is -2.32. The molecule has 22 heavy (non-hydrogen) atoms. The van der Waals surface area contributed by atoms with E-state index in [4.69, 9.17) is 9.31 Å². The highest BCUT2D eigenvalue weighted by Crippen LogP contribution is 2.37. The highest BCUT2D eigenvalue weighted by atomic mass is 32.2. The van der Waals surface area contributed by atoms with Crippen molar-refractivity contribution in [1.29, 1.82) is 0 Å². The first-order chi connectivity index (χ1) is 9.98. The van der Waals surface area contributed by atoms with Crippen molar-refractivity contribution in [3.63, 3.8) is 0 Å². The smallest absolute Gasteiger partial charge is 0.400 e. The van der Waals surface area contributed by atoms with Crippen LogP contribution < -0.4 is 4.72 Å². The summed E-state index contributed by atoms with van der Waals surface area (Å²) in [5.41, 5.74) is 0.764. The summed E-state index contributed by atoms with van der Waals surface area (Å²) in [6.07, 6.45) is 3.02. The van der Waals surface area contributed by atoms with Crippen molar-refractivity contribution in [2.75, 3.05) is 11.0 Å². The summed E-state index contributed by atoms with van der Waals surface area (Å²) in [7, 11) is -3.64. The van der Waals surface area contributed by atoms with Gasteiger partial charge in [-0.1, -0.05) is 24.2 Å². The Morgan fingerprint density at radius 3 is 2.00 bits per heavy atom. The number of hydrogen-bond donors (Lipinski definition) is 1. The van der Waals surface area contributed by atoms with Gasteiger partial charge in [-0.15, -0.1) is 0 Å². The third kappa shape index (κ3) is 4.12. The predicted molar refractivity (Wildman–Crippen MR) is 90.0 cm³/mol. The first-order valence-electron chi connectivity index (χ1n) is 7.10. The summed E-state index contributed by atoms with van der Waals surface area (Å²) in [6, 6.07) is 7.08. The zero-order valence-electron chi connectivity index (χ0n) is 13.6. The summed E-state index contributed by atoms with van der Waals surface area (Å²) in [5, 5.41) is 0. The van der Waals surface area contributed by atoms with E-state index in [9.17, 15) is 8.42 Å². The van der Waals surface area contributed by atoms with Crippen molar-refractivity contribution in [2.45, 2.75) is 38.9 Å². The van der Waals surface area contributed by atoms with Crippen LogP contribution >= 0.6 is 0 Å². The molecule has 1 aliphatic heterocycles.